The highest BCUT2D eigenvalue weighted by Gasteiger charge is 2.30. The number of anilines is 1. The third kappa shape index (κ3) is 7.94. The van der Waals surface area contributed by atoms with Gasteiger partial charge in [0.05, 0.1) is 24.0 Å². The van der Waals surface area contributed by atoms with E-state index >= 15 is 0 Å². The molecule has 0 aliphatic rings. The number of nitrogens with zero attached hydrogens (tertiary/aromatic N) is 3. The van der Waals surface area contributed by atoms with Gasteiger partial charge in [-0.1, -0.05) is 31.5 Å². The van der Waals surface area contributed by atoms with Crippen molar-refractivity contribution in [3.8, 4) is 5.75 Å². The molecule has 0 heterocycles. The second-order valence-electron chi connectivity index (χ2n) is 8.24. The normalized spacial score (nSPS) is 11.9. The highest BCUT2D eigenvalue weighted by molar-refractivity contribution is 7.92. The number of unbranched alkanes of at least 4 members (excludes halogenated alkanes) is 1. The average Bonchev–Trinajstić information content (AvgIpc) is 2.85. The molecule has 2 aromatic carbocycles. The van der Waals surface area contributed by atoms with Gasteiger partial charge in [-0.3, -0.25) is 24.0 Å². The minimum Gasteiger partial charge on any atom is -0.497 e. The Balaban J connectivity index is 2.38. The zero-order valence-corrected chi connectivity index (χ0v) is 21.7. The number of non-ortho nitro benzene ring substituents is 1. The van der Waals surface area contributed by atoms with Gasteiger partial charge in [0.2, 0.25) is 21.8 Å². The number of sulfonamides is 1. The average molecular weight is 521 g/mol. The van der Waals surface area contributed by atoms with Gasteiger partial charge in [0.25, 0.3) is 5.69 Å². The molecule has 196 valence electrons. The molecule has 2 amide bonds. The van der Waals surface area contributed by atoms with Crippen molar-refractivity contribution < 1.29 is 27.7 Å². The lowest BCUT2D eigenvalue weighted by Gasteiger charge is -2.31. The summed E-state index contributed by atoms with van der Waals surface area (Å²) in [7, 11) is -2.46. The molecule has 0 fully saturated rings. The van der Waals surface area contributed by atoms with Crippen molar-refractivity contribution in [1.82, 2.24) is 10.2 Å². The first-order valence-electron chi connectivity index (χ1n) is 11.4. The number of carbonyl (C=O) groups excluding carboxylic acids is 2. The van der Waals surface area contributed by atoms with Gasteiger partial charge in [-0.2, -0.15) is 0 Å². The van der Waals surface area contributed by atoms with Crippen LogP contribution in [-0.2, 0) is 26.2 Å². The van der Waals surface area contributed by atoms with Crippen molar-refractivity contribution in [3.05, 3.63) is 64.2 Å². The highest BCUT2D eigenvalue weighted by atomic mass is 32.2. The molecule has 0 spiro atoms. The summed E-state index contributed by atoms with van der Waals surface area (Å²) < 4.78 is 31.1. The lowest BCUT2D eigenvalue weighted by Crippen LogP contribution is -2.51. The summed E-state index contributed by atoms with van der Waals surface area (Å²) in [5, 5.41) is 14.0. The fraction of sp³-hybridized carbons (Fsp3) is 0.417. The standard InChI is InChI=1S/C24H32N4O7S/c1-5-6-14-25-24(30)18(2)26(16-19-10-12-22(35-3)13-11-19)23(29)17-27(36(4,33)34)20-8-7-9-21(15-20)28(31)32/h7-13,15,18H,5-6,14,16-17H2,1-4H3,(H,25,30)/t18-/m0/s1. The molecule has 0 saturated heterocycles. The van der Waals surface area contributed by atoms with Crippen LogP contribution in [0.15, 0.2) is 48.5 Å². The fourth-order valence-corrected chi connectivity index (χ4v) is 4.26. The summed E-state index contributed by atoms with van der Waals surface area (Å²) in [5.41, 5.74) is 0.371. The van der Waals surface area contributed by atoms with Crippen LogP contribution in [0.2, 0.25) is 0 Å². The second kappa shape index (κ2) is 12.9. The van der Waals surface area contributed by atoms with Gasteiger partial charge >= 0.3 is 0 Å². The molecule has 0 radical (unpaired) electrons. The first-order chi connectivity index (χ1) is 17.0. The Kier molecular flexibility index (Phi) is 10.2. The Morgan fingerprint density at radius 3 is 2.39 bits per heavy atom. The maximum absolute atomic E-state index is 13.5. The Bertz CT molecular complexity index is 1170. The predicted octanol–water partition coefficient (Wildman–Crippen LogP) is 2.70. The SMILES string of the molecule is CCCCNC(=O)[C@H](C)N(Cc1ccc(OC)cc1)C(=O)CN(c1cccc([N+](=O)[O-])c1)S(C)(=O)=O. The summed E-state index contributed by atoms with van der Waals surface area (Å²) in [6, 6.07) is 11.1. The molecular formula is C24H32N4O7S. The van der Waals surface area contributed by atoms with Crippen molar-refractivity contribution in [2.24, 2.45) is 0 Å². The third-order valence-corrected chi connectivity index (χ3v) is 6.66. The molecule has 1 atom stereocenters. The second-order valence-corrected chi connectivity index (χ2v) is 10.1. The van der Waals surface area contributed by atoms with E-state index in [1.54, 1.807) is 31.2 Å². The topological polar surface area (TPSA) is 139 Å². The number of ether oxygens (including phenoxy) is 1. The zero-order chi connectivity index (χ0) is 26.9. The van der Waals surface area contributed by atoms with Crippen molar-refractivity contribution in [2.45, 2.75) is 39.3 Å². The predicted molar refractivity (Wildman–Crippen MR) is 136 cm³/mol. The molecule has 0 aliphatic carbocycles. The molecule has 0 aliphatic heterocycles. The molecule has 11 nitrogen and oxygen atoms in total. The maximum atomic E-state index is 13.5. The summed E-state index contributed by atoms with van der Waals surface area (Å²) in [6.45, 7) is 3.41. The van der Waals surface area contributed by atoms with Crippen LogP contribution in [-0.4, -0.2) is 62.6 Å². The number of rotatable bonds is 13. The molecule has 0 saturated carbocycles. The molecular weight excluding hydrogens is 488 g/mol. The summed E-state index contributed by atoms with van der Waals surface area (Å²) in [4.78, 5) is 38.1. The lowest BCUT2D eigenvalue weighted by atomic mass is 10.1. The van der Waals surface area contributed by atoms with E-state index < -0.39 is 33.4 Å². The first kappa shape index (κ1) is 28.6. The highest BCUT2D eigenvalue weighted by Crippen LogP contribution is 2.24. The van der Waals surface area contributed by atoms with Crippen LogP contribution < -0.4 is 14.4 Å². The Morgan fingerprint density at radius 1 is 1.17 bits per heavy atom. The van der Waals surface area contributed by atoms with Crippen LogP contribution in [0.1, 0.15) is 32.3 Å². The number of benzene rings is 2. The van der Waals surface area contributed by atoms with Gasteiger partial charge < -0.3 is 15.0 Å². The third-order valence-electron chi connectivity index (χ3n) is 5.52. The summed E-state index contributed by atoms with van der Waals surface area (Å²) in [6.07, 6.45) is 2.57. The van der Waals surface area contributed by atoms with Gasteiger partial charge in [0, 0.05) is 25.2 Å². The van der Waals surface area contributed by atoms with Gasteiger partial charge in [-0.15, -0.1) is 0 Å². The molecule has 2 rings (SSSR count). The molecule has 12 heteroatoms. The van der Waals surface area contributed by atoms with E-state index in [0.29, 0.717) is 17.9 Å². The van der Waals surface area contributed by atoms with Crippen molar-refractivity contribution in [1.29, 1.82) is 0 Å². The zero-order valence-electron chi connectivity index (χ0n) is 20.8. The minimum atomic E-state index is -3.99. The van der Waals surface area contributed by atoms with E-state index in [9.17, 15) is 28.1 Å². The van der Waals surface area contributed by atoms with Crippen LogP contribution in [0.5, 0.6) is 5.75 Å². The van der Waals surface area contributed by atoms with Crippen LogP contribution in [0, 0.1) is 10.1 Å². The number of hydrogen-bond acceptors (Lipinski definition) is 7. The monoisotopic (exact) mass is 520 g/mol. The number of amides is 2. The number of nitrogens with one attached hydrogen (secondary N) is 1. The number of nitro groups is 1. The molecule has 2 aromatic rings. The van der Waals surface area contributed by atoms with Crippen LogP contribution in [0.25, 0.3) is 0 Å². The molecule has 0 aromatic heterocycles. The Labute approximate surface area is 211 Å². The first-order valence-corrected chi connectivity index (χ1v) is 13.2. The van der Waals surface area contributed by atoms with Gasteiger partial charge in [-0.05, 0) is 37.1 Å². The Morgan fingerprint density at radius 2 is 1.83 bits per heavy atom. The van der Waals surface area contributed by atoms with E-state index in [-0.39, 0.29) is 23.8 Å². The molecule has 0 bridgehead atoms. The van der Waals surface area contributed by atoms with E-state index in [2.05, 4.69) is 5.32 Å². The fourth-order valence-electron chi connectivity index (χ4n) is 3.42. The van der Waals surface area contributed by atoms with Crippen molar-refractivity contribution >= 4 is 33.2 Å². The lowest BCUT2D eigenvalue weighted by molar-refractivity contribution is -0.384. The largest absolute Gasteiger partial charge is 0.497 e. The molecule has 0 unspecified atom stereocenters. The van der Waals surface area contributed by atoms with Crippen LogP contribution in [0.3, 0.4) is 0 Å². The minimum absolute atomic E-state index is 0.0236. The number of carbonyl (C=O) groups is 2. The molecule has 36 heavy (non-hydrogen) atoms. The van der Waals surface area contributed by atoms with Crippen LogP contribution in [0.4, 0.5) is 11.4 Å². The summed E-state index contributed by atoms with van der Waals surface area (Å²) in [5.74, 6) is -0.386. The van der Waals surface area contributed by atoms with Crippen LogP contribution >= 0.6 is 0 Å². The molecule has 1 N–H and O–H groups in total. The van der Waals surface area contributed by atoms with E-state index in [1.807, 2.05) is 6.92 Å². The Hall–Kier alpha value is -3.67. The smallest absolute Gasteiger partial charge is 0.271 e. The quantitative estimate of drug-likeness (QED) is 0.243. The van der Waals surface area contributed by atoms with E-state index in [1.165, 1.54) is 30.2 Å². The van der Waals surface area contributed by atoms with Crippen molar-refractivity contribution in [3.63, 3.8) is 0 Å². The van der Waals surface area contributed by atoms with Gasteiger partial charge in [0.15, 0.2) is 0 Å². The van der Waals surface area contributed by atoms with E-state index in [4.69, 9.17) is 4.74 Å². The summed E-state index contributed by atoms with van der Waals surface area (Å²) >= 11 is 0. The van der Waals surface area contributed by atoms with E-state index in [0.717, 1.165) is 29.5 Å². The number of hydrogen-bond donors (Lipinski definition) is 1. The maximum Gasteiger partial charge on any atom is 0.271 e. The van der Waals surface area contributed by atoms with Crippen molar-refractivity contribution in [2.75, 3.05) is 30.8 Å². The van der Waals surface area contributed by atoms with Gasteiger partial charge in [0.1, 0.15) is 18.3 Å². The number of nitro benzene ring substituents is 1. The van der Waals surface area contributed by atoms with Gasteiger partial charge in [-0.25, -0.2) is 8.42 Å². The number of methoxy groups -OCH3 is 1.